The Bertz CT molecular complexity index is 284. The molecule has 1 fully saturated rings. The fraction of sp³-hybridized carbons (Fsp3) is 0.692. The molecule has 3 N–H and O–H groups in total. The lowest BCUT2D eigenvalue weighted by atomic mass is 9.96. The van der Waals surface area contributed by atoms with E-state index < -0.39 is 0 Å². The third-order valence-corrected chi connectivity index (χ3v) is 3.65. The van der Waals surface area contributed by atoms with E-state index in [1.54, 1.807) is 6.26 Å². The summed E-state index contributed by atoms with van der Waals surface area (Å²) < 4.78 is 5.29. The van der Waals surface area contributed by atoms with Crippen molar-refractivity contribution in [2.45, 2.75) is 25.7 Å². The summed E-state index contributed by atoms with van der Waals surface area (Å²) in [4.78, 5) is 0. The van der Waals surface area contributed by atoms with Crippen molar-refractivity contribution in [1.29, 1.82) is 0 Å². The molecular formula is C13H22N2O. The van der Waals surface area contributed by atoms with Crippen LogP contribution in [0.2, 0.25) is 0 Å². The molecule has 0 aliphatic heterocycles. The smallest absolute Gasteiger partial charge is 0.105 e. The van der Waals surface area contributed by atoms with Crippen molar-refractivity contribution in [3.8, 4) is 0 Å². The van der Waals surface area contributed by atoms with E-state index in [-0.39, 0.29) is 0 Å². The minimum atomic E-state index is 0.746. The SMILES string of the molecule is NCC1CCCC1CNCCc1ccco1. The summed E-state index contributed by atoms with van der Waals surface area (Å²) in [5.74, 6) is 2.60. The summed E-state index contributed by atoms with van der Waals surface area (Å²) in [6.07, 6.45) is 6.73. The van der Waals surface area contributed by atoms with Crippen molar-refractivity contribution in [2.75, 3.05) is 19.6 Å². The van der Waals surface area contributed by atoms with Crippen LogP contribution in [0.15, 0.2) is 22.8 Å². The summed E-state index contributed by atoms with van der Waals surface area (Å²) in [6.45, 7) is 2.97. The minimum Gasteiger partial charge on any atom is -0.469 e. The summed E-state index contributed by atoms with van der Waals surface area (Å²) in [6, 6.07) is 3.97. The molecule has 1 aromatic rings. The molecule has 3 heteroatoms. The van der Waals surface area contributed by atoms with E-state index in [2.05, 4.69) is 5.32 Å². The number of hydrogen-bond donors (Lipinski definition) is 2. The van der Waals surface area contributed by atoms with Crippen molar-refractivity contribution < 1.29 is 4.42 Å². The van der Waals surface area contributed by atoms with Gasteiger partial charge in [-0.2, -0.15) is 0 Å². The first-order valence-corrected chi connectivity index (χ1v) is 6.33. The predicted molar refractivity (Wildman–Crippen MR) is 65.2 cm³/mol. The molecule has 16 heavy (non-hydrogen) atoms. The Kier molecular flexibility index (Phi) is 4.43. The molecule has 90 valence electrons. The maximum atomic E-state index is 5.76. The van der Waals surface area contributed by atoms with Gasteiger partial charge in [-0.1, -0.05) is 6.42 Å². The topological polar surface area (TPSA) is 51.2 Å². The Labute approximate surface area is 97.4 Å². The van der Waals surface area contributed by atoms with Crippen LogP contribution in [0, 0.1) is 11.8 Å². The lowest BCUT2D eigenvalue weighted by Gasteiger charge is -2.18. The van der Waals surface area contributed by atoms with Gasteiger partial charge in [0, 0.05) is 13.0 Å². The fourth-order valence-electron chi connectivity index (χ4n) is 2.65. The summed E-state index contributed by atoms with van der Waals surface area (Å²) in [5, 5.41) is 3.51. The molecule has 0 spiro atoms. The van der Waals surface area contributed by atoms with E-state index in [1.807, 2.05) is 12.1 Å². The van der Waals surface area contributed by atoms with Crippen molar-refractivity contribution in [3.63, 3.8) is 0 Å². The van der Waals surface area contributed by atoms with Gasteiger partial charge in [0.2, 0.25) is 0 Å². The highest BCUT2D eigenvalue weighted by Gasteiger charge is 2.25. The van der Waals surface area contributed by atoms with E-state index in [1.165, 1.54) is 19.3 Å². The van der Waals surface area contributed by atoms with Crippen LogP contribution in [-0.4, -0.2) is 19.6 Å². The van der Waals surface area contributed by atoms with Gasteiger partial charge in [-0.3, -0.25) is 0 Å². The van der Waals surface area contributed by atoms with Crippen LogP contribution in [0.5, 0.6) is 0 Å². The zero-order valence-corrected chi connectivity index (χ0v) is 9.82. The minimum absolute atomic E-state index is 0.746. The molecule has 0 aromatic carbocycles. The molecule has 0 saturated heterocycles. The molecule has 2 unspecified atom stereocenters. The molecule has 1 aliphatic rings. The zero-order valence-electron chi connectivity index (χ0n) is 9.82. The Hall–Kier alpha value is -0.800. The largest absolute Gasteiger partial charge is 0.469 e. The highest BCUT2D eigenvalue weighted by molar-refractivity contribution is 4.98. The maximum absolute atomic E-state index is 5.76. The highest BCUT2D eigenvalue weighted by atomic mass is 16.3. The second kappa shape index (κ2) is 6.06. The zero-order chi connectivity index (χ0) is 11.2. The molecule has 1 aliphatic carbocycles. The first kappa shape index (κ1) is 11.7. The number of rotatable bonds is 6. The third-order valence-electron chi connectivity index (χ3n) is 3.65. The summed E-state index contributed by atoms with van der Waals surface area (Å²) in [7, 11) is 0. The molecule has 2 atom stereocenters. The first-order valence-electron chi connectivity index (χ1n) is 6.33. The molecule has 0 radical (unpaired) electrons. The van der Waals surface area contributed by atoms with Crippen molar-refractivity contribution >= 4 is 0 Å². The standard InChI is InChI=1S/C13H22N2O/c14-9-11-3-1-4-12(11)10-15-7-6-13-5-2-8-16-13/h2,5,8,11-12,15H,1,3-4,6-7,9-10,14H2. The van der Waals surface area contributed by atoms with Crippen LogP contribution in [0.25, 0.3) is 0 Å². The Morgan fingerprint density at radius 1 is 1.38 bits per heavy atom. The Morgan fingerprint density at radius 2 is 2.25 bits per heavy atom. The highest BCUT2D eigenvalue weighted by Crippen LogP contribution is 2.30. The molecule has 0 bridgehead atoms. The average molecular weight is 222 g/mol. The Morgan fingerprint density at radius 3 is 3.00 bits per heavy atom. The van der Waals surface area contributed by atoms with Crippen LogP contribution < -0.4 is 11.1 Å². The summed E-state index contributed by atoms with van der Waals surface area (Å²) >= 11 is 0. The second-order valence-electron chi connectivity index (χ2n) is 4.72. The molecular weight excluding hydrogens is 200 g/mol. The van der Waals surface area contributed by atoms with Crippen molar-refractivity contribution in [1.82, 2.24) is 5.32 Å². The number of furan rings is 1. The van der Waals surface area contributed by atoms with Crippen molar-refractivity contribution in [2.24, 2.45) is 17.6 Å². The van der Waals surface area contributed by atoms with Crippen LogP contribution in [0.1, 0.15) is 25.0 Å². The van der Waals surface area contributed by atoms with Gasteiger partial charge in [-0.05, 0) is 49.9 Å². The maximum Gasteiger partial charge on any atom is 0.105 e. The van der Waals surface area contributed by atoms with Gasteiger partial charge >= 0.3 is 0 Å². The van der Waals surface area contributed by atoms with Gasteiger partial charge in [0.1, 0.15) is 5.76 Å². The van der Waals surface area contributed by atoms with Gasteiger partial charge in [0.25, 0.3) is 0 Å². The number of nitrogens with one attached hydrogen (secondary N) is 1. The lowest BCUT2D eigenvalue weighted by molar-refractivity contribution is 0.372. The number of nitrogens with two attached hydrogens (primary N) is 1. The Balaban J connectivity index is 1.61. The van der Waals surface area contributed by atoms with Crippen LogP contribution in [-0.2, 0) is 6.42 Å². The lowest BCUT2D eigenvalue weighted by Crippen LogP contribution is -2.29. The average Bonchev–Trinajstić information content (AvgIpc) is 2.95. The third kappa shape index (κ3) is 3.09. The second-order valence-corrected chi connectivity index (χ2v) is 4.72. The molecule has 1 saturated carbocycles. The molecule has 2 rings (SSSR count). The van der Waals surface area contributed by atoms with Gasteiger partial charge in [0.05, 0.1) is 6.26 Å². The van der Waals surface area contributed by atoms with E-state index in [0.717, 1.165) is 43.7 Å². The fourth-order valence-corrected chi connectivity index (χ4v) is 2.65. The van der Waals surface area contributed by atoms with Crippen molar-refractivity contribution in [3.05, 3.63) is 24.2 Å². The summed E-state index contributed by atoms with van der Waals surface area (Å²) in [5.41, 5.74) is 5.76. The van der Waals surface area contributed by atoms with E-state index in [0.29, 0.717) is 0 Å². The van der Waals surface area contributed by atoms with Crippen LogP contribution in [0.4, 0.5) is 0 Å². The molecule has 1 heterocycles. The normalized spacial score (nSPS) is 25.1. The monoisotopic (exact) mass is 222 g/mol. The van der Waals surface area contributed by atoms with Gasteiger partial charge < -0.3 is 15.5 Å². The molecule has 0 amide bonds. The van der Waals surface area contributed by atoms with E-state index in [9.17, 15) is 0 Å². The van der Waals surface area contributed by atoms with Gasteiger partial charge in [-0.15, -0.1) is 0 Å². The van der Waals surface area contributed by atoms with E-state index in [4.69, 9.17) is 10.2 Å². The van der Waals surface area contributed by atoms with Crippen LogP contribution in [0.3, 0.4) is 0 Å². The first-order chi connectivity index (χ1) is 7.90. The van der Waals surface area contributed by atoms with Crippen LogP contribution >= 0.6 is 0 Å². The molecule has 1 aromatic heterocycles. The van der Waals surface area contributed by atoms with Gasteiger partial charge in [-0.25, -0.2) is 0 Å². The van der Waals surface area contributed by atoms with Gasteiger partial charge in [0.15, 0.2) is 0 Å². The molecule has 3 nitrogen and oxygen atoms in total. The number of hydrogen-bond acceptors (Lipinski definition) is 3. The predicted octanol–water partition coefficient (Wildman–Crippen LogP) is 1.79. The van der Waals surface area contributed by atoms with E-state index >= 15 is 0 Å². The quantitative estimate of drug-likeness (QED) is 0.721.